The monoisotopic (exact) mass is 584 g/mol. The molecule has 1 saturated heterocycles. The Labute approximate surface area is 243 Å². The third-order valence-electron chi connectivity index (χ3n) is 6.73. The second kappa shape index (κ2) is 16.3. The fourth-order valence-corrected chi connectivity index (χ4v) is 6.65. The normalized spacial score (nSPS) is 23.0. The quantitative estimate of drug-likeness (QED) is 0.180. The predicted molar refractivity (Wildman–Crippen MR) is 156 cm³/mol. The second-order valence-electron chi connectivity index (χ2n) is 9.69. The van der Waals surface area contributed by atoms with E-state index in [0.29, 0.717) is 19.8 Å². The van der Waals surface area contributed by atoms with E-state index in [-0.39, 0.29) is 19.4 Å². The fraction of sp³-hybridized carbons (Fsp3) is 0.438. The van der Waals surface area contributed by atoms with Crippen LogP contribution in [-0.4, -0.2) is 57.2 Å². The summed E-state index contributed by atoms with van der Waals surface area (Å²) in [6, 6.07) is 29.7. The van der Waals surface area contributed by atoms with Crippen molar-refractivity contribution in [2.45, 2.75) is 64.4 Å². The Morgan fingerprint density at radius 1 is 0.634 bits per heavy atom. The zero-order valence-corrected chi connectivity index (χ0v) is 24.9. The average molecular weight is 585 g/mol. The molecule has 8 nitrogen and oxygen atoms in total. The molecule has 222 valence electrons. The van der Waals surface area contributed by atoms with E-state index in [9.17, 15) is 4.57 Å². The topological polar surface area (TPSA) is 81.7 Å². The van der Waals surface area contributed by atoms with Crippen LogP contribution in [0, 0.1) is 0 Å². The van der Waals surface area contributed by atoms with Gasteiger partial charge in [-0.25, -0.2) is 0 Å². The standard InChI is InChI=1S/C32H41O8P/c1-4-38-41(33,39-5-2)24-28-29(35-21-25-15-9-6-10-16-25)30(36-22-26-17-11-7-12-18-26)31(32(34-3)40-28)37-23-27-19-13-8-14-20-27/h6-20,28-32H,4-5,21-24H2,1-3H3/t28-,29-,30+,31+,32+/m1/s1. The van der Waals surface area contributed by atoms with E-state index in [2.05, 4.69) is 0 Å². The fourth-order valence-electron chi connectivity index (χ4n) is 4.84. The Hall–Kier alpha value is -2.39. The SMILES string of the molecule is CCOP(=O)(C[C@H]1O[C@H](OC)[C@@H](OCc2ccccc2)[C@@H](OCc2ccccc2)[C@@H]1OCc1ccccc1)OCC. The van der Waals surface area contributed by atoms with Crippen molar-refractivity contribution >= 4 is 7.60 Å². The number of hydrogen-bond donors (Lipinski definition) is 0. The Balaban J connectivity index is 1.66. The molecule has 0 spiro atoms. The molecule has 0 radical (unpaired) electrons. The molecule has 0 unspecified atom stereocenters. The average Bonchev–Trinajstić information content (AvgIpc) is 3.00. The van der Waals surface area contributed by atoms with Crippen molar-refractivity contribution in [3.8, 4) is 0 Å². The van der Waals surface area contributed by atoms with Crippen LogP contribution in [0.25, 0.3) is 0 Å². The number of hydrogen-bond acceptors (Lipinski definition) is 8. The highest BCUT2D eigenvalue weighted by atomic mass is 31.2. The number of methoxy groups -OCH3 is 1. The molecule has 1 fully saturated rings. The first kappa shape index (κ1) is 31.5. The van der Waals surface area contributed by atoms with E-state index in [0.717, 1.165) is 16.7 Å². The van der Waals surface area contributed by atoms with E-state index in [4.69, 9.17) is 32.7 Å². The molecule has 1 heterocycles. The lowest BCUT2D eigenvalue weighted by Gasteiger charge is -2.46. The molecule has 0 amide bonds. The zero-order chi connectivity index (χ0) is 28.9. The molecule has 0 bridgehead atoms. The van der Waals surface area contributed by atoms with Crippen molar-refractivity contribution in [1.29, 1.82) is 0 Å². The highest BCUT2D eigenvalue weighted by Gasteiger charge is 2.51. The van der Waals surface area contributed by atoms with Crippen LogP contribution in [0.1, 0.15) is 30.5 Å². The smallest absolute Gasteiger partial charge is 0.333 e. The van der Waals surface area contributed by atoms with Crippen LogP contribution < -0.4 is 0 Å². The molecule has 5 atom stereocenters. The Morgan fingerprint density at radius 3 is 1.46 bits per heavy atom. The summed E-state index contributed by atoms with van der Waals surface area (Å²) in [6.45, 7) is 5.00. The maximum absolute atomic E-state index is 13.7. The summed E-state index contributed by atoms with van der Waals surface area (Å²) >= 11 is 0. The lowest BCUT2D eigenvalue weighted by molar-refractivity contribution is -0.314. The van der Waals surface area contributed by atoms with Gasteiger partial charge in [-0.15, -0.1) is 0 Å². The Kier molecular flexibility index (Phi) is 12.5. The summed E-state index contributed by atoms with van der Waals surface area (Å²) in [7, 11) is -1.94. The van der Waals surface area contributed by atoms with Gasteiger partial charge in [-0.05, 0) is 30.5 Å². The van der Waals surface area contributed by atoms with Crippen molar-refractivity contribution in [2.24, 2.45) is 0 Å². The van der Waals surface area contributed by atoms with Crippen molar-refractivity contribution < 1.29 is 37.3 Å². The van der Waals surface area contributed by atoms with E-state index in [1.807, 2.05) is 91.0 Å². The maximum atomic E-state index is 13.7. The van der Waals surface area contributed by atoms with Crippen LogP contribution in [0.3, 0.4) is 0 Å². The lowest BCUT2D eigenvalue weighted by atomic mass is 9.98. The van der Waals surface area contributed by atoms with Crippen molar-refractivity contribution in [3.05, 3.63) is 108 Å². The van der Waals surface area contributed by atoms with Gasteiger partial charge in [0.2, 0.25) is 0 Å². The van der Waals surface area contributed by atoms with Crippen molar-refractivity contribution in [3.63, 3.8) is 0 Å². The van der Waals surface area contributed by atoms with Gasteiger partial charge in [0.1, 0.15) is 24.4 Å². The molecule has 4 rings (SSSR count). The Bertz CT molecular complexity index is 1170. The van der Waals surface area contributed by atoms with Crippen molar-refractivity contribution in [2.75, 3.05) is 26.5 Å². The summed E-state index contributed by atoms with van der Waals surface area (Å²) < 4.78 is 56.7. The Morgan fingerprint density at radius 2 is 1.05 bits per heavy atom. The highest BCUT2D eigenvalue weighted by molar-refractivity contribution is 7.53. The minimum absolute atomic E-state index is 0.0232. The van der Waals surface area contributed by atoms with E-state index < -0.39 is 38.3 Å². The summed E-state index contributed by atoms with van der Waals surface area (Å²) in [5.41, 5.74) is 2.99. The summed E-state index contributed by atoms with van der Waals surface area (Å²) in [5.74, 6) is 0. The third-order valence-corrected chi connectivity index (χ3v) is 8.84. The number of rotatable bonds is 16. The van der Waals surface area contributed by atoms with Crippen LogP contribution in [0.15, 0.2) is 91.0 Å². The van der Waals surface area contributed by atoms with E-state index in [1.165, 1.54) is 0 Å². The molecule has 1 aliphatic heterocycles. The number of ether oxygens (including phenoxy) is 5. The molecule has 3 aromatic carbocycles. The minimum Gasteiger partial charge on any atom is -0.368 e. The van der Waals surface area contributed by atoms with Crippen LogP contribution in [-0.2, 0) is 57.1 Å². The third kappa shape index (κ3) is 9.30. The van der Waals surface area contributed by atoms with Gasteiger partial charge in [-0.2, -0.15) is 0 Å². The molecule has 0 N–H and O–H groups in total. The van der Waals surface area contributed by atoms with Crippen LogP contribution in [0.4, 0.5) is 0 Å². The van der Waals surface area contributed by atoms with E-state index in [1.54, 1.807) is 21.0 Å². The summed E-state index contributed by atoms with van der Waals surface area (Å²) in [6.07, 6.45) is -3.48. The van der Waals surface area contributed by atoms with Crippen LogP contribution >= 0.6 is 7.60 Å². The molecular formula is C32H41O8P. The zero-order valence-electron chi connectivity index (χ0n) is 24.0. The molecule has 41 heavy (non-hydrogen) atoms. The number of benzene rings is 3. The molecule has 1 aliphatic rings. The minimum atomic E-state index is -3.50. The first-order valence-corrected chi connectivity index (χ1v) is 15.8. The predicted octanol–water partition coefficient (Wildman–Crippen LogP) is 6.38. The largest absolute Gasteiger partial charge is 0.368 e. The lowest BCUT2D eigenvalue weighted by Crippen LogP contribution is -2.61. The molecule has 3 aromatic rings. The van der Waals surface area contributed by atoms with Crippen LogP contribution in [0.5, 0.6) is 0 Å². The molecular weight excluding hydrogens is 543 g/mol. The molecule has 9 heteroatoms. The van der Waals surface area contributed by atoms with Crippen molar-refractivity contribution in [1.82, 2.24) is 0 Å². The van der Waals surface area contributed by atoms with Gasteiger partial charge in [-0.3, -0.25) is 4.57 Å². The highest BCUT2D eigenvalue weighted by Crippen LogP contribution is 2.50. The maximum Gasteiger partial charge on any atom is 0.333 e. The van der Waals surface area contributed by atoms with Gasteiger partial charge >= 0.3 is 7.60 Å². The first-order chi connectivity index (χ1) is 20.0. The molecule has 0 aromatic heterocycles. The van der Waals surface area contributed by atoms with E-state index >= 15 is 0 Å². The summed E-state index contributed by atoms with van der Waals surface area (Å²) in [4.78, 5) is 0. The first-order valence-electron chi connectivity index (χ1n) is 14.1. The second-order valence-corrected chi connectivity index (χ2v) is 11.8. The van der Waals surface area contributed by atoms with Gasteiger partial charge < -0.3 is 32.7 Å². The van der Waals surface area contributed by atoms with Gasteiger partial charge in [-0.1, -0.05) is 91.0 Å². The van der Waals surface area contributed by atoms with Gasteiger partial charge in [0.15, 0.2) is 6.29 Å². The van der Waals surface area contributed by atoms with Crippen LogP contribution in [0.2, 0.25) is 0 Å². The molecule has 0 aliphatic carbocycles. The van der Waals surface area contributed by atoms with Gasteiger partial charge in [0.05, 0.1) is 39.2 Å². The summed E-state index contributed by atoms with van der Waals surface area (Å²) in [5, 5.41) is 0. The molecule has 0 saturated carbocycles. The van der Waals surface area contributed by atoms with Gasteiger partial charge in [0.25, 0.3) is 0 Å². The van der Waals surface area contributed by atoms with Gasteiger partial charge in [0, 0.05) is 7.11 Å².